The minimum Gasteiger partial charge on any atom is -0.478 e. The van der Waals surface area contributed by atoms with Crippen LogP contribution in [0.1, 0.15) is 37.6 Å². The van der Waals surface area contributed by atoms with Crippen LogP contribution in [-0.2, 0) is 0 Å². The fourth-order valence-corrected chi connectivity index (χ4v) is 2.34. The summed E-state index contributed by atoms with van der Waals surface area (Å²) < 4.78 is 0.551. The number of carboxylic acid groups (broad SMARTS) is 1. The molecule has 0 fully saturated rings. The average molecular weight is 357 g/mol. The van der Waals surface area contributed by atoms with Crippen molar-refractivity contribution in [3.63, 3.8) is 0 Å². The van der Waals surface area contributed by atoms with Crippen molar-refractivity contribution in [1.29, 1.82) is 0 Å². The van der Waals surface area contributed by atoms with Gasteiger partial charge in [-0.2, -0.15) is 0 Å². The molecule has 0 bridgehead atoms. The largest absolute Gasteiger partial charge is 0.478 e. The molecule has 1 atom stereocenters. The molecule has 116 valence electrons. The summed E-state index contributed by atoms with van der Waals surface area (Å²) in [6, 6.07) is 4.51. The van der Waals surface area contributed by atoms with Gasteiger partial charge in [0.05, 0.1) is 11.3 Å². The Labute approximate surface area is 133 Å². The van der Waals surface area contributed by atoms with E-state index in [0.717, 1.165) is 6.42 Å². The van der Waals surface area contributed by atoms with Crippen LogP contribution in [-0.4, -0.2) is 35.1 Å². The van der Waals surface area contributed by atoms with E-state index < -0.39 is 5.97 Å². The number of aromatic carboxylic acids is 1. The van der Waals surface area contributed by atoms with Crippen molar-refractivity contribution >= 4 is 33.6 Å². The fraction of sp³-hybridized carbons (Fsp3) is 0.467. The molecule has 2 N–H and O–H groups in total. The third-order valence-electron chi connectivity index (χ3n) is 3.37. The molecular weight excluding hydrogens is 336 g/mol. The highest BCUT2D eigenvalue weighted by Crippen LogP contribution is 2.27. The first-order chi connectivity index (χ1) is 9.90. The molecule has 0 spiro atoms. The van der Waals surface area contributed by atoms with Gasteiger partial charge in [0.2, 0.25) is 0 Å². The smallest absolute Gasteiger partial charge is 0.337 e. The van der Waals surface area contributed by atoms with E-state index in [1.54, 1.807) is 17.0 Å². The summed E-state index contributed by atoms with van der Waals surface area (Å²) in [4.78, 5) is 25.2. The maximum atomic E-state index is 12.3. The van der Waals surface area contributed by atoms with E-state index in [9.17, 15) is 14.7 Å². The highest BCUT2D eigenvalue weighted by molar-refractivity contribution is 9.10. The molecule has 0 aliphatic rings. The molecular formula is C15H21BrN2O3. The molecule has 0 aromatic heterocycles. The molecule has 1 rings (SSSR count). The highest BCUT2D eigenvalue weighted by Gasteiger charge is 2.19. The van der Waals surface area contributed by atoms with E-state index in [-0.39, 0.29) is 17.3 Å². The van der Waals surface area contributed by atoms with Gasteiger partial charge in [0.15, 0.2) is 0 Å². The lowest BCUT2D eigenvalue weighted by molar-refractivity contribution is 0.0698. The second-order valence-corrected chi connectivity index (χ2v) is 5.80. The Hall–Kier alpha value is -1.56. The lowest BCUT2D eigenvalue weighted by Crippen LogP contribution is -2.38. The van der Waals surface area contributed by atoms with Gasteiger partial charge in [-0.1, -0.05) is 26.3 Å². The van der Waals surface area contributed by atoms with Crippen molar-refractivity contribution in [3.05, 3.63) is 28.2 Å². The number of anilines is 1. The first-order valence-corrected chi connectivity index (χ1v) is 7.77. The van der Waals surface area contributed by atoms with Crippen LogP contribution in [0.3, 0.4) is 0 Å². The van der Waals surface area contributed by atoms with E-state index in [1.807, 2.05) is 6.92 Å². The summed E-state index contributed by atoms with van der Waals surface area (Å²) in [6.45, 7) is 7.28. The topological polar surface area (TPSA) is 69.6 Å². The molecule has 21 heavy (non-hydrogen) atoms. The number of urea groups is 1. The van der Waals surface area contributed by atoms with Gasteiger partial charge in [-0.15, -0.1) is 0 Å². The summed E-state index contributed by atoms with van der Waals surface area (Å²) in [5, 5.41) is 11.9. The second kappa shape index (κ2) is 8.02. The van der Waals surface area contributed by atoms with Crippen molar-refractivity contribution in [2.75, 3.05) is 18.4 Å². The monoisotopic (exact) mass is 356 g/mol. The molecule has 0 radical (unpaired) electrons. The van der Waals surface area contributed by atoms with Crippen molar-refractivity contribution < 1.29 is 14.7 Å². The lowest BCUT2D eigenvalue weighted by Gasteiger charge is -2.25. The molecule has 0 aliphatic carbocycles. The van der Waals surface area contributed by atoms with Crippen LogP contribution in [0.15, 0.2) is 22.7 Å². The Bertz CT molecular complexity index is 520. The predicted molar refractivity (Wildman–Crippen MR) is 86.8 cm³/mol. The number of hydrogen-bond acceptors (Lipinski definition) is 2. The molecule has 5 nitrogen and oxygen atoms in total. The standard InChI is InChI=1S/C15H21BrN2O3/c1-4-10(3)9-18(5-2)15(21)17-13-11(14(19)20)7-6-8-12(13)16/h6-8,10H,4-5,9H2,1-3H3,(H,17,21)(H,19,20). The lowest BCUT2D eigenvalue weighted by atomic mass is 10.1. The van der Waals surface area contributed by atoms with E-state index in [4.69, 9.17) is 0 Å². The molecule has 2 amide bonds. The molecule has 1 aromatic rings. The third kappa shape index (κ3) is 4.74. The van der Waals surface area contributed by atoms with Crippen LogP contribution in [0.4, 0.5) is 10.5 Å². The summed E-state index contributed by atoms with van der Waals surface area (Å²) >= 11 is 3.28. The molecule has 0 saturated heterocycles. The van der Waals surface area contributed by atoms with Crippen LogP contribution in [0.25, 0.3) is 0 Å². The minimum absolute atomic E-state index is 0.0670. The number of halogens is 1. The van der Waals surface area contributed by atoms with Gasteiger partial charge in [0.1, 0.15) is 0 Å². The molecule has 1 aromatic carbocycles. The SMILES string of the molecule is CCC(C)CN(CC)C(=O)Nc1c(Br)cccc1C(=O)O. The van der Waals surface area contributed by atoms with E-state index in [2.05, 4.69) is 35.1 Å². The quantitative estimate of drug-likeness (QED) is 0.807. The second-order valence-electron chi connectivity index (χ2n) is 4.95. The number of carbonyl (C=O) groups excluding carboxylic acids is 1. The Morgan fingerprint density at radius 1 is 1.38 bits per heavy atom. The normalized spacial score (nSPS) is 11.8. The first-order valence-electron chi connectivity index (χ1n) is 6.98. The number of benzene rings is 1. The van der Waals surface area contributed by atoms with Crippen molar-refractivity contribution in [1.82, 2.24) is 4.90 Å². The Morgan fingerprint density at radius 3 is 2.57 bits per heavy atom. The summed E-state index contributed by atoms with van der Waals surface area (Å²) in [6.07, 6.45) is 0.985. The maximum absolute atomic E-state index is 12.3. The zero-order valence-electron chi connectivity index (χ0n) is 12.5. The minimum atomic E-state index is -1.07. The molecule has 0 saturated carbocycles. The van der Waals surface area contributed by atoms with Crippen molar-refractivity contribution in [3.8, 4) is 0 Å². The average Bonchev–Trinajstić information content (AvgIpc) is 2.45. The number of hydrogen-bond donors (Lipinski definition) is 2. The number of nitrogens with one attached hydrogen (secondary N) is 1. The summed E-state index contributed by atoms with van der Waals surface area (Å²) in [5.41, 5.74) is 0.356. The molecule has 0 heterocycles. The Balaban J connectivity index is 2.94. The van der Waals surface area contributed by atoms with Gasteiger partial charge in [-0.3, -0.25) is 0 Å². The van der Waals surface area contributed by atoms with Gasteiger partial charge >= 0.3 is 12.0 Å². The molecule has 0 aliphatic heterocycles. The zero-order chi connectivity index (χ0) is 16.0. The van der Waals surface area contributed by atoms with Gasteiger partial charge in [-0.25, -0.2) is 9.59 Å². The van der Waals surface area contributed by atoms with E-state index >= 15 is 0 Å². The first kappa shape index (κ1) is 17.5. The van der Waals surface area contributed by atoms with Gasteiger partial charge in [0, 0.05) is 17.6 Å². The Morgan fingerprint density at radius 2 is 2.05 bits per heavy atom. The zero-order valence-corrected chi connectivity index (χ0v) is 14.1. The number of carbonyl (C=O) groups is 2. The number of rotatable bonds is 6. The van der Waals surface area contributed by atoms with Crippen molar-refractivity contribution in [2.24, 2.45) is 5.92 Å². The van der Waals surface area contributed by atoms with E-state index in [1.165, 1.54) is 6.07 Å². The fourth-order valence-electron chi connectivity index (χ4n) is 1.88. The van der Waals surface area contributed by atoms with Crippen LogP contribution in [0, 0.1) is 5.92 Å². The maximum Gasteiger partial charge on any atom is 0.337 e. The number of carboxylic acids is 1. The summed E-state index contributed by atoms with van der Waals surface area (Å²) in [5.74, 6) is -0.676. The van der Waals surface area contributed by atoms with E-state index in [0.29, 0.717) is 23.5 Å². The van der Waals surface area contributed by atoms with Gasteiger partial charge in [-0.05, 0) is 40.9 Å². The van der Waals surface area contributed by atoms with Crippen LogP contribution in [0.2, 0.25) is 0 Å². The Kier molecular flexibility index (Phi) is 6.68. The summed E-state index contributed by atoms with van der Waals surface area (Å²) in [7, 11) is 0. The van der Waals surface area contributed by atoms with Gasteiger partial charge in [0.25, 0.3) is 0 Å². The van der Waals surface area contributed by atoms with Crippen LogP contribution in [0.5, 0.6) is 0 Å². The van der Waals surface area contributed by atoms with Crippen LogP contribution >= 0.6 is 15.9 Å². The molecule has 1 unspecified atom stereocenters. The van der Waals surface area contributed by atoms with Crippen molar-refractivity contribution in [2.45, 2.75) is 27.2 Å². The predicted octanol–water partition coefficient (Wildman–Crippen LogP) is 4.05. The third-order valence-corrected chi connectivity index (χ3v) is 4.03. The highest BCUT2D eigenvalue weighted by atomic mass is 79.9. The van der Waals surface area contributed by atoms with Gasteiger partial charge < -0.3 is 15.3 Å². The number of para-hydroxylation sites is 1. The molecule has 6 heteroatoms. The number of nitrogens with zero attached hydrogens (tertiary/aromatic N) is 1. The number of amides is 2. The van der Waals surface area contributed by atoms with Crippen LogP contribution < -0.4 is 5.32 Å².